The number of nitrogens with zero attached hydrogens (tertiary/aromatic N) is 3. The van der Waals surface area contributed by atoms with Gasteiger partial charge in [0.15, 0.2) is 0 Å². The first-order valence-electron chi connectivity index (χ1n) is 18.7. The second-order valence-corrected chi connectivity index (χ2v) is 14.4. The molecule has 0 N–H and O–H groups in total. The summed E-state index contributed by atoms with van der Waals surface area (Å²) >= 11 is 0. The number of hydrogen-bond acceptors (Lipinski definition) is 2. The minimum atomic E-state index is 0.649. The van der Waals surface area contributed by atoms with Crippen LogP contribution in [0.2, 0.25) is 0 Å². The van der Waals surface area contributed by atoms with Crippen molar-refractivity contribution in [2.45, 2.75) is 13.8 Å². The largest absolute Gasteiger partial charge is 0.309 e. The van der Waals surface area contributed by atoms with Crippen molar-refractivity contribution in [3.63, 3.8) is 0 Å². The Morgan fingerprint density at radius 1 is 0.473 bits per heavy atom. The molecule has 3 heteroatoms. The molecule has 0 aliphatic carbocycles. The van der Waals surface area contributed by atoms with E-state index in [-0.39, 0.29) is 0 Å². The van der Waals surface area contributed by atoms with Gasteiger partial charge in [-0.15, -0.1) is 0 Å². The first kappa shape index (κ1) is 32.4. The van der Waals surface area contributed by atoms with Gasteiger partial charge < -0.3 is 4.57 Å². The van der Waals surface area contributed by atoms with E-state index in [9.17, 15) is 5.26 Å². The van der Waals surface area contributed by atoms with Crippen LogP contribution in [0.15, 0.2) is 176 Å². The smallest absolute Gasteiger partial charge is 0.0992 e. The number of hydrogen-bond donors (Lipinski definition) is 0. The van der Waals surface area contributed by atoms with Gasteiger partial charge in [0.2, 0.25) is 0 Å². The van der Waals surface area contributed by atoms with Crippen LogP contribution in [0.5, 0.6) is 0 Å². The third-order valence-corrected chi connectivity index (χ3v) is 11.1. The summed E-state index contributed by atoms with van der Waals surface area (Å²) in [5.74, 6) is 0. The lowest BCUT2D eigenvalue weighted by molar-refractivity contribution is 1.18. The Balaban J connectivity index is 1.13. The molecule has 2 heterocycles. The fourth-order valence-corrected chi connectivity index (χ4v) is 8.44. The number of pyridine rings is 1. The lowest BCUT2D eigenvalue weighted by Gasteiger charge is -2.17. The number of aryl methyl sites for hydroxylation is 2. The highest BCUT2D eigenvalue weighted by Crippen LogP contribution is 2.41. The van der Waals surface area contributed by atoms with Crippen LogP contribution in [0.1, 0.15) is 16.7 Å². The van der Waals surface area contributed by atoms with Crippen molar-refractivity contribution >= 4 is 43.5 Å². The number of aromatic nitrogens is 2. The summed E-state index contributed by atoms with van der Waals surface area (Å²) in [6, 6.07) is 64.7. The van der Waals surface area contributed by atoms with E-state index >= 15 is 0 Å². The molecule has 10 aromatic rings. The summed E-state index contributed by atoms with van der Waals surface area (Å²) in [6.45, 7) is 4.44. The molecule has 3 nitrogen and oxygen atoms in total. The van der Waals surface area contributed by atoms with Crippen LogP contribution in [0.25, 0.3) is 93.8 Å². The van der Waals surface area contributed by atoms with E-state index in [1.165, 1.54) is 27.6 Å². The van der Waals surface area contributed by atoms with Crippen molar-refractivity contribution in [1.82, 2.24) is 9.55 Å². The molecule has 0 saturated carbocycles. The molecule has 0 aliphatic rings. The maximum absolute atomic E-state index is 9.73. The SMILES string of the molecule is Cc1ccccc1-c1ccc2c(-c3ccccc3)nc3cc(-c4cccc(-c5ccc6c(c5)c5ccc(C#N)cc5n6-c5ccccc5)c4)ccc3c2c1C. The molecule has 2 aromatic heterocycles. The fraction of sp³-hybridized carbons (Fsp3) is 0.0385. The third-order valence-electron chi connectivity index (χ3n) is 11.1. The highest BCUT2D eigenvalue weighted by molar-refractivity contribution is 6.15. The summed E-state index contributed by atoms with van der Waals surface area (Å²) in [5.41, 5.74) is 16.5. The Morgan fingerprint density at radius 2 is 1.13 bits per heavy atom. The van der Waals surface area contributed by atoms with Gasteiger partial charge in [-0.1, -0.05) is 127 Å². The van der Waals surface area contributed by atoms with E-state index in [1.807, 2.05) is 18.2 Å². The van der Waals surface area contributed by atoms with Crippen LogP contribution in [-0.2, 0) is 0 Å². The number of nitriles is 1. The first-order valence-corrected chi connectivity index (χ1v) is 18.7. The molecule has 258 valence electrons. The number of rotatable bonds is 5. The van der Waals surface area contributed by atoms with Crippen LogP contribution in [-0.4, -0.2) is 9.55 Å². The van der Waals surface area contributed by atoms with Crippen molar-refractivity contribution in [1.29, 1.82) is 5.26 Å². The van der Waals surface area contributed by atoms with Gasteiger partial charge in [0.25, 0.3) is 0 Å². The number of benzene rings is 8. The molecule has 0 aliphatic heterocycles. The average Bonchev–Trinajstić information content (AvgIpc) is 3.57. The highest BCUT2D eigenvalue weighted by atomic mass is 15.0. The van der Waals surface area contributed by atoms with Crippen LogP contribution in [0.4, 0.5) is 0 Å². The van der Waals surface area contributed by atoms with Crippen molar-refractivity contribution < 1.29 is 0 Å². The van der Waals surface area contributed by atoms with Gasteiger partial charge in [0.1, 0.15) is 0 Å². The van der Waals surface area contributed by atoms with Crippen molar-refractivity contribution in [3.8, 4) is 56.4 Å². The normalized spacial score (nSPS) is 11.4. The van der Waals surface area contributed by atoms with Gasteiger partial charge in [0, 0.05) is 32.8 Å². The summed E-state index contributed by atoms with van der Waals surface area (Å²) in [6.07, 6.45) is 0. The molecule has 0 fully saturated rings. The third kappa shape index (κ3) is 5.39. The monoisotopic (exact) mass is 701 g/mol. The molecular formula is C52H35N3. The first-order chi connectivity index (χ1) is 27.1. The summed E-state index contributed by atoms with van der Waals surface area (Å²) in [7, 11) is 0. The molecule has 10 rings (SSSR count). The second-order valence-electron chi connectivity index (χ2n) is 14.4. The summed E-state index contributed by atoms with van der Waals surface area (Å²) < 4.78 is 2.26. The predicted molar refractivity (Wildman–Crippen MR) is 230 cm³/mol. The average molecular weight is 702 g/mol. The van der Waals surface area contributed by atoms with Gasteiger partial charge in [-0.05, 0) is 112 Å². The minimum Gasteiger partial charge on any atom is -0.309 e. The molecule has 0 bridgehead atoms. The second kappa shape index (κ2) is 13.0. The zero-order valence-electron chi connectivity index (χ0n) is 30.6. The van der Waals surface area contributed by atoms with Gasteiger partial charge in [-0.25, -0.2) is 4.98 Å². The highest BCUT2D eigenvalue weighted by Gasteiger charge is 2.18. The van der Waals surface area contributed by atoms with Crippen LogP contribution < -0.4 is 0 Å². The van der Waals surface area contributed by atoms with Gasteiger partial charge in [-0.3, -0.25) is 0 Å². The van der Waals surface area contributed by atoms with Crippen LogP contribution >= 0.6 is 0 Å². The van der Waals surface area contributed by atoms with Gasteiger partial charge in [-0.2, -0.15) is 5.26 Å². The fourth-order valence-electron chi connectivity index (χ4n) is 8.44. The van der Waals surface area contributed by atoms with Crippen molar-refractivity contribution in [2.24, 2.45) is 0 Å². The molecule has 8 aromatic carbocycles. The van der Waals surface area contributed by atoms with Crippen LogP contribution in [0.3, 0.4) is 0 Å². The standard InChI is InChI=1S/C52H35N3/c1-33-12-9-10-19-42(33)43-25-26-46-51(34(43)2)45-24-21-40(31-48(45)54-52(46)36-13-5-3-6-14-36)38-16-11-15-37(29-38)39-22-27-49-47(30-39)44-23-20-35(32-53)28-50(44)55(49)41-17-7-4-8-18-41/h3-31H,1-2H3. The van der Waals surface area contributed by atoms with E-state index in [2.05, 4.69) is 182 Å². The molecule has 0 unspecified atom stereocenters. The Morgan fingerprint density at radius 3 is 1.91 bits per heavy atom. The predicted octanol–water partition coefficient (Wildman–Crippen LogP) is 13.6. The van der Waals surface area contributed by atoms with Gasteiger partial charge in [0.05, 0.1) is 33.9 Å². The zero-order chi connectivity index (χ0) is 37.0. The Kier molecular flexibility index (Phi) is 7.64. The van der Waals surface area contributed by atoms with E-state index in [1.54, 1.807) is 0 Å². The number of fused-ring (bicyclic) bond motifs is 6. The van der Waals surface area contributed by atoms with Crippen molar-refractivity contribution in [3.05, 3.63) is 193 Å². The molecule has 0 radical (unpaired) electrons. The molecule has 0 atom stereocenters. The minimum absolute atomic E-state index is 0.649. The van der Waals surface area contributed by atoms with Crippen LogP contribution in [0, 0.1) is 25.2 Å². The van der Waals surface area contributed by atoms with E-state index < -0.39 is 0 Å². The quantitative estimate of drug-likeness (QED) is 0.168. The molecule has 0 saturated heterocycles. The van der Waals surface area contributed by atoms with E-state index in [0.717, 1.165) is 77.3 Å². The topological polar surface area (TPSA) is 41.6 Å². The summed E-state index contributed by atoms with van der Waals surface area (Å²) in [5, 5.41) is 15.6. The van der Waals surface area contributed by atoms with Crippen molar-refractivity contribution in [2.75, 3.05) is 0 Å². The summed E-state index contributed by atoms with van der Waals surface area (Å²) in [4.78, 5) is 5.38. The lowest BCUT2D eigenvalue weighted by Crippen LogP contribution is -1.95. The molecule has 0 spiro atoms. The number of para-hydroxylation sites is 1. The lowest BCUT2D eigenvalue weighted by atomic mass is 9.89. The Hall–Kier alpha value is -7.28. The molecular weight excluding hydrogens is 667 g/mol. The van der Waals surface area contributed by atoms with E-state index in [4.69, 9.17) is 4.98 Å². The molecule has 0 amide bonds. The Bertz CT molecular complexity index is 3170. The zero-order valence-corrected chi connectivity index (χ0v) is 30.6. The maximum Gasteiger partial charge on any atom is 0.0992 e. The van der Waals surface area contributed by atoms with Gasteiger partial charge >= 0.3 is 0 Å². The maximum atomic E-state index is 9.73. The molecule has 55 heavy (non-hydrogen) atoms. The van der Waals surface area contributed by atoms with E-state index in [0.29, 0.717) is 5.56 Å². The Labute approximate surface area is 320 Å².